The molecule has 2 aromatic rings. The van der Waals surface area contributed by atoms with Crippen LogP contribution >= 0.6 is 0 Å². The number of aryl methyl sites for hydroxylation is 2. The molecule has 0 fully saturated rings. The predicted molar refractivity (Wildman–Crippen MR) is 82.6 cm³/mol. The maximum absolute atomic E-state index is 13.1. The first-order chi connectivity index (χ1) is 9.88. The summed E-state index contributed by atoms with van der Waals surface area (Å²) in [7, 11) is 0. The normalized spacial score (nSPS) is 12.0. The van der Waals surface area contributed by atoms with Crippen LogP contribution in [0.2, 0.25) is 0 Å². The van der Waals surface area contributed by atoms with Crippen LogP contribution in [0.4, 0.5) is 10.1 Å². The van der Waals surface area contributed by atoms with Crippen molar-refractivity contribution >= 4 is 11.6 Å². The predicted octanol–water partition coefficient (Wildman–Crippen LogP) is 3.52. The highest BCUT2D eigenvalue weighted by molar-refractivity contribution is 5.95. The van der Waals surface area contributed by atoms with Crippen LogP contribution in [0.1, 0.15) is 40.0 Å². The second-order valence-electron chi connectivity index (χ2n) is 5.29. The van der Waals surface area contributed by atoms with Gasteiger partial charge in [-0.05, 0) is 50.1 Å². The van der Waals surface area contributed by atoms with E-state index < -0.39 is 5.82 Å². The van der Waals surface area contributed by atoms with Crippen molar-refractivity contribution in [2.75, 3.05) is 5.73 Å². The van der Waals surface area contributed by atoms with Gasteiger partial charge in [0.25, 0.3) is 5.91 Å². The molecule has 1 unspecified atom stereocenters. The summed E-state index contributed by atoms with van der Waals surface area (Å²) in [5.74, 6) is -0.789. The minimum atomic E-state index is -0.519. The van der Waals surface area contributed by atoms with E-state index in [0.29, 0.717) is 5.56 Å². The zero-order chi connectivity index (χ0) is 15.6. The van der Waals surface area contributed by atoms with Gasteiger partial charge in [-0.25, -0.2) is 4.39 Å². The second kappa shape index (κ2) is 5.95. The van der Waals surface area contributed by atoms with Crippen molar-refractivity contribution in [3.05, 3.63) is 64.5 Å². The largest absolute Gasteiger partial charge is 0.396 e. The van der Waals surface area contributed by atoms with Gasteiger partial charge in [0.2, 0.25) is 0 Å². The summed E-state index contributed by atoms with van der Waals surface area (Å²) in [5.41, 5.74) is 9.18. The standard InChI is InChI=1S/C17H19FN2O/c1-10-4-6-14(11(2)8-10)12(3)20-17(21)13-5-7-15(18)16(19)9-13/h4-9,12H,19H2,1-3H3,(H,20,21). The summed E-state index contributed by atoms with van der Waals surface area (Å²) in [6.45, 7) is 5.96. The molecule has 3 N–H and O–H groups in total. The number of anilines is 1. The number of nitrogens with one attached hydrogen (secondary N) is 1. The van der Waals surface area contributed by atoms with Crippen LogP contribution in [0.5, 0.6) is 0 Å². The van der Waals surface area contributed by atoms with E-state index in [9.17, 15) is 9.18 Å². The Morgan fingerprint density at radius 2 is 1.90 bits per heavy atom. The number of halogens is 1. The van der Waals surface area contributed by atoms with Crippen LogP contribution in [-0.2, 0) is 0 Å². The van der Waals surface area contributed by atoms with Gasteiger partial charge in [-0.15, -0.1) is 0 Å². The Morgan fingerprint density at radius 3 is 2.52 bits per heavy atom. The molecule has 0 saturated heterocycles. The van der Waals surface area contributed by atoms with Gasteiger partial charge >= 0.3 is 0 Å². The lowest BCUT2D eigenvalue weighted by atomic mass is 10.00. The molecule has 4 heteroatoms. The number of nitrogen functional groups attached to an aromatic ring is 1. The van der Waals surface area contributed by atoms with Crippen LogP contribution in [0, 0.1) is 19.7 Å². The molecular formula is C17H19FN2O. The fourth-order valence-electron chi connectivity index (χ4n) is 2.35. The van der Waals surface area contributed by atoms with Crippen molar-refractivity contribution in [3.8, 4) is 0 Å². The number of carbonyl (C=O) groups is 1. The summed E-state index contributed by atoms with van der Waals surface area (Å²) >= 11 is 0. The number of hydrogen-bond acceptors (Lipinski definition) is 2. The third-order valence-electron chi connectivity index (χ3n) is 3.50. The average Bonchev–Trinajstić information content (AvgIpc) is 2.41. The zero-order valence-electron chi connectivity index (χ0n) is 12.4. The lowest BCUT2D eigenvalue weighted by Crippen LogP contribution is -2.27. The Kier molecular flexibility index (Phi) is 4.26. The van der Waals surface area contributed by atoms with Crippen LogP contribution in [-0.4, -0.2) is 5.91 Å². The zero-order valence-corrected chi connectivity index (χ0v) is 12.4. The molecule has 1 amide bonds. The van der Waals surface area contributed by atoms with Crippen molar-refractivity contribution in [1.29, 1.82) is 0 Å². The van der Waals surface area contributed by atoms with E-state index in [4.69, 9.17) is 5.73 Å². The Bertz CT molecular complexity index is 682. The number of nitrogens with two attached hydrogens (primary N) is 1. The molecule has 0 spiro atoms. The number of hydrogen-bond donors (Lipinski definition) is 2. The van der Waals surface area contributed by atoms with Crippen LogP contribution in [0.15, 0.2) is 36.4 Å². The van der Waals surface area contributed by atoms with Crippen LogP contribution < -0.4 is 11.1 Å². The molecule has 2 rings (SSSR count). The summed E-state index contributed by atoms with van der Waals surface area (Å²) in [4.78, 5) is 12.2. The maximum atomic E-state index is 13.1. The van der Waals surface area contributed by atoms with E-state index in [2.05, 4.69) is 11.4 Å². The summed E-state index contributed by atoms with van der Waals surface area (Å²) in [5, 5.41) is 2.90. The van der Waals surface area contributed by atoms with Gasteiger partial charge in [0, 0.05) is 5.56 Å². The molecule has 3 nitrogen and oxygen atoms in total. The molecule has 0 heterocycles. The fraction of sp³-hybridized carbons (Fsp3) is 0.235. The van der Waals surface area contributed by atoms with Crippen molar-refractivity contribution in [1.82, 2.24) is 5.32 Å². The molecule has 0 aliphatic rings. The highest BCUT2D eigenvalue weighted by Gasteiger charge is 2.14. The fourth-order valence-corrected chi connectivity index (χ4v) is 2.35. The van der Waals surface area contributed by atoms with E-state index in [1.807, 2.05) is 32.9 Å². The van der Waals surface area contributed by atoms with Crippen LogP contribution in [0.3, 0.4) is 0 Å². The van der Waals surface area contributed by atoms with Gasteiger partial charge in [0.15, 0.2) is 0 Å². The van der Waals surface area contributed by atoms with Gasteiger partial charge in [0.1, 0.15) is 5.82 Å². The van der Waals surface area contributed by atoms with Crippen molar-refractivity contribution < 1.29 is 9.18 Å². The molecule has 0 bridgehead atoms. The lowest BCUT2D eigenvalue weighted by Gasteiger charge is -2.17. The molecule has 0 aliphatic heterocycles. The summed E-state index contributed by atoms with van der Waals surface area (Å²) < 4.78 is 13.1. The Hall–Kier alpha value is -2.36. The molecule has 2 aromatic carbocycles. The Labute approximate surface area is 124 Å². The molecule has 0 saturated carbocycles. The smallest absolute Gasteiger partial charge is 0.251 e. The third-order valence-corrected chi connectivity index (χ3v) is 3.50. The van der Waals surface area contributed by atoms with E-state index in [0.717, 1.165) is 11.1 Å². The quantitative estimate of drug-likeness (QED) is 0.848. The SMILES string of the molecule is Cc1ccc(C(C)NC(=O)c2ccc(F)c(N)c2)c(C)c1. The van der Waals surface area contributed by atoms with Crippen molar-refractivity contribution in [2.45, 2.75) is 26.8 Å². The van der Waals surface area contributed by atoms with E-state index >= 15 is 0 Å². The van der Waals surface area contributed by atoms with Gasteiger partial charge in [-0.3, -0.25) is 4.79 Å². The van der Waals surface area contributed by atoms with Crippen molar-refractivity contribution in [3.63, 3.8) is 0 Å². The molecule has 0 aromatic heterocycles. The van der Waals surface area contributed by atoms with Crippen molar-refractivity contribution in [2.24, 2.45) is 0 Å². The minimum Gasteiger partial charge on any atom is -0.396 e. The van der Waals surface area contributed by atoms with E-state index in [1.54, 1.807) is 0 Å². The van der Waals surface area contributed by atoms with Gasteiger partial charge in [0.05, 0.1) is 11.7 Å². The lowest BCUT2D eigenvalue weighted by molar-refractivity contribution is 0.0940. The summed E-state index contributed by atoms with van der Waals surface area (Å²) in [6.07, 6.45) is 0. The monoisotopic (exact) mass is 286 g/mol. The Morgan fingerprint density at radius 1 is 1.19 bits per heavy atom. The highest BCUT2D eigenvalue weighted by Crippen LogP contribution is 2.19. The van der Waals surface area contributed by atoms with E-state index in [-0.39, 0.29) is 17.6 Å². The maximum Gasteiger partial charge on any atom is 0.251 e. The first kappa shape index (κ1) is 15.0. The number of benzene rings is 2. The molecule has 0 radical (unpaired) electrons. The molecule has 110 valence electrons. The first-order valence-corrected chi connectivity index (χ1v) is 6.81. The number of carbonyl (C=O) groups excluding carboxylic acids is 1. The summed E-state index contributed by atoms with van der Waals surface area (Å²) in [6, 6.07) is 9.94. The van der Waals surface area contributed by atoms with Gasteiger partial charge in [-0.2, -0.15) is 0 Å². The molecule has 1 atom stereocenters. The van der Waals surface area contributed by atoms with Crippen LogP contribution in [0.25, 0.3) is 0 Å². The number of amides is 1. The molecular weight excluding hydrogens is 267 g/mol. The first-order valence-electron chi connectivity index (χ1n) is 6.81. The molecule has 0 aliphatic carbocycles. The van der Waals surface area contributed by atoms with Gasteiger partial charge in [-0.1, -0.05) is 23.8 Å². The topological polar surface area (TPSA) is 55.1 Å². The third kappa shape index (κ3) is 3.40. The molecule has 21 heavy (non-hydrogen) atoms. The minimum absolute atomic E-state index is 0.0261. The van der Waals surface area contributed by atoms with Gasteiger partial charge < -0.3 is 11.1 Å². The second-order valence-corrected chi connectivity index (χ2v) is 5.29. The van der Waals surface area contributed by atoms with E-state index in [1.165, 1.54) is 23.8 Å². The Balaban J connectivity index is 2.16. The average molecular weight is 286 g/mol. The number of rotatable bonds is 3. The highest BCUT2D eigenvalue weighted by atomic mass is 19.1.